The van der Waals surface area contributed by atoms with Crippen LogP contribution in [0.2, 0.25) is 0 Å². The average molecular weight is 297 g/mol. The number of pyridine rings is 1. The third kappa shape index (κ3) is 3.12. The van der Waals surface area contributed by atoms with Gasteiger partial charge in [-0.15, -0.1) is 0 Å². The van der Waals surface area contributed by atoms with E-state index in [0.29, 0.717) is 29.9 Å². The first kappa shape index (κ1) is 14.2. The SMILES string of the molecule is FCc1cccc(C#CCCn2cc3cccc(F)c3n2)n1. The normalized spacial score (nSPS) is 10.5. The number of aryl methyl sites for hydroxylation is 1. The Hall–Kier alpha value is -2.74. The molecule has 3 aromatic rings. The number of hydrogen-bond acceptors (Lipinski definition) is 2. The van der Waals surface area contributed by atoms with Crippen LogP contribution in [0.1, 0.15) is 17.8 Å². The number of alkyl halides is 1. The van der Waals surface area contributed by atoms with Crippen molar-refractivity contribution in [1.82, 2.24) is 14.8 Å². The number of hydrogen-bond donors (Lipinski definition) is 0. The molecular formula is C17H13F2N3. The van der Waals surface area contributed by atoms with Crippen LogP contribution in [0, 0.1) is 17.7 Å². The average Bonchev–Trinajstić information content (AvgIpc) is 2.96. The van der Waals surface area contributed by atoms with Crippen LogP contribution in [-0.4, -0.2) is 14.8 Å². The maximum Gasteiger partial charge on any atom is 0.151 e. The minimum absolute atomic E-state index is 0.324. The molecule has 0 spiro atoms. The lowest BCUT2D eigenvalue weighted by molar-refractivity contribution is 0.476. The number of rotatable bonds is 3. The van der Waals surface area contributed by atoms with Crippen molar-refractivity contribution in [3.63, 3.8) is 0 Å². The molecule has 0 aliphatic carbocycles. The highest BCUT2D eigenvalue weighted by Gasteiger charge is 2.04. The first-order chi connectivity index (χ1) is 10.8. The molecule has 0 unspecified atom stereocenters. The maximum absolute atomic E-state index is 13.5. The summed E-state index contributed by atoms with van der Waals surface area (Å²) in [4.78, 5) is 4.06. The molecule has 110 valence electrons. The van der Waals surface area contributed by atoms with Crippen LogP contribution >= 0.6 is 0 Å². The van der Waals surface area contributed by atoms with E-state index < -0.39 is 6.67 Å². The highest BCUT2D eigenvalue weighted by atomic mass is 19.1. The Bertz CT molecular complexity index is 859. The minimum atomic E-state index is -0.596. The van der Waals surface area contributed by atoms with Gasteiger partial charge in [0.2, 0.25) is 0 Å². The van der Waals surface area contributed by atoms with E-state index in [1.807, 2.05) is 6.07 Å². The first-order valence-electron chi connectivity index (χ1n) is 6.89. The van der Waals surface area contributed by atoms with E-state index >= 15 is 0 Å². The first-order valence-corrected chi connectivity index (χ1v) is 6.89. The van der Waals surface area contributed by atoms with E-state index in [-0.39, 0.29) is 5.82 Å². The molecule has 0 bridgehead atoms. The van der Waals surface area contributed by atoms with Crippen molar-refractivity contribution in [2.45, 2.75) is 19.6 Å². The van der Waals surface area contributed by atoms with Gasteiger partial charge in [0.15, 0.2) is 5.82 Å². The molecule has 2 aromatic heterocycles. The summed E-state index contributed by atoms with van der Waals surface area (Å²) in [5.41, 5.74) is 1.29. The van der Waals surface area contributed by atoms with Gasteiger partial charge in [-0.2, -0.15) is 5.10 Å². The van der Waals surface area contributed by atoms with E-state index in [9.17, 15) is 8.78 Å². The fourth-order valence-electron chi connectivity index (χ4n) is 2.12. The van der Waals surface area contributed by atoms with Crippen LogP contribution in [0.4, 0.5) is 8.78 Å². The predicted molar refractivity (Wildman–Crippen MR) is 80.2 cm³/mol. The topological polar surface area (TPSA) is 30.7 Å². The van der Waals surface area contributed by atoms with Crippen molar-refractivity contribution in [2.24, 2.45) is 0 Å². The molecule has 22 heavy (non-hydrogen) atoms. The largest absolute Gasteiger partial charge is 0.270 e. The molecule has 0 radical (unpaired) electrons. The van der Waals surface area contributed by atoms with Crippen molar-refractivity contribution >= 4 is 10.9 Å². The summed E-state index contributed by atoms with van der Waals surface area (Å²) in [6.07, 6.45) is 2.35. The zero-order valence-electron chi connectivity index (χ0n) is 11.8. The zero-order valence-corrected chi connectivity index (χ0v) is 11.8. The molecule has 0 aliphatic rings. The van der Waals surface area contributed by atoms with Crippen molar-refractivity contribution in [2.75, 3.05) is 0 Å². The molecule has 0 saturated heterocycles. The molecule has 3 rings (SSSR count). The Morgan fingerprint density at radius 3 is 2.82 bits per heavy atom. The highest BCUT2D eigenvalue weighted by Crippen LogP contribution is 2.15. The number of nitrogens with zero attached hydrogens (tertiary/aromatic N) is 3. The van der Waals surface area contributed by atoms with Crippen molar-refractivity contribution in [3.8, 4) is 11.8 Å². The third-order valence-electron chi connectivity index (χ3n) is 3.16. The summed E-state index contributed by atoms with van der Waals surface area (Å²) in [5.74, 6) is 5.54. The van der Waals surface area contributed by atoms with Crippen LogP contribution in [0.3, 0.4) is 0 Å². The Balaban J connectivity index is 1.67. The number of fused-ring (bicyclic) bond motifs is 1. The van der Waals surface area contributed by atoms with E-state index in [4.69, 9.17) is 0 Å². The number of aromatic nitrogens is 3. The second kappa shape index (κ2) is 6.35. The van der Waals surface area contributed by atoms with Gasteiger partial charge in [0.05, 0.1) is 12.2 Å². The van der Waals surface area contributed by atoms with Crippen LogP contribution in [0.25, 0.3) is 10.9 Å². The van der Waals surface area contributed by atoms with Gasteiger partial charge < -0.3 is 0 Å². The predicted octanol–water partition coefficient (Wildman–Crippen LogP) is 3.48. The Kier molecular flexibility index (Phi) is 4.10. The lowest BCUT2D eigenvalue weighted by Gasteiger charge is -1.95. The molecule has 2 heterocycles. The minimum Gasteiger partial charge on any atom is -0.270 e. The lowest BCUT2D eigenvalue weighted by atomic mass is 10.2. The smallest absolute Gasteiger partial charge is 0.151 e. The molecule has 5 heteroatoms. The maximum atomic E-state index is 13.5. The summed E-state index contributed by atoms with van der Waals surface area (Å²) in [6, 6.07) is 9.96. The van der Waals surface area contributed by atoms with E-state index in [2.05, 4.69) is 21.9 Å². The number of benzene rings is 1. The van der Waals surface area contributed by atoms with Gasteiger partial charge in [0.25, 0.3) is 0 Å². The zero-order chi connectivity index (χ0) is 15.4. The molecule has 0 fully saturated rings. The lowest BCUT2D eigenvalue weighted by Crippen LogP contribution is -1.97. The van der Waals surface area contributed by atoms with E-state index in [1.54, 1.807) is 35.1 Å². The van der Waals surface area contributed by atoms with Crippen molar-refractivity contribution in [1.29, 1.82) is 0 Å². The number of halogens is 2. The fourth-order valence-corrected chi connectivity index (χ4v) is 2.12. The van der Waals surface area contributed by atoms with Crippen LogP contribution in [0.5, 0.6) is 0 Å². The molecule has 0 amide bonds. The summed E-state index contributed by atoms with van der Waals surface area (Å²) < 4.78 is 27.7. The molecule has 0 atom stereocenters. The third-order valence-corrected chi connectivity index (χ3v) is 3.16. The van der Waals surface area contributed by atoms with Crippen LogP contribution in [-0.2, 0) is 13.2 Å². The highest BCUT2D eigenvalue weighted by molar-refractivity contribution is 5.78. The van der Waals surface area contributed by atoms with Crippen molar-refractivity contribution in [3.05, 3.63) is 59.8 Å². The molecule has 0 aliphatic heterocycles. The summed E-state index contributed by atoms with van der Waals surface area (Å²) in [7, 11) is 0. The Morgan fingerprint density at radius 1 is 1.14 bits per heavy atom. The fraction of sp³-hybridized carbons (Fsp3) is 0.176. The van der Waals surface area contributed by atoms with Gasteiger partial charge in [0.1, 0.15) is 17.9 Å². The molecule has 1 aromatic carbocycles. The Labute approximate surface area is 126 Å². The Morgan fingerprint density at radius 2 is 2.00 bits per heavy atom. The van der Waals surface area contributed by atoms with Gasteiger partial charge in [-0.25, -0.2) is 13.8 Å². The van der Waals surface area contributed by atoms with Gasteiger partial charge in [0, 0.05) is 18.0 Å². The van der Waals surface area contributed by atoms with Gasteiger partial charge in [-0.05, 0) is 24.1 Å². The van der Waals surface area contributed by atoms with Crippen molar-refractivity contribution < 1.29 is 8.78 Å². The molecular weight excluding hydrogens is 284 g/mol. The van der Waals surface area contributed by atoms with E-state index in [1.165, 1.54) is 6.07 Å². The second-order valence-corrected chi connectivity index (χ2v) is 4.77. The molecule has 3 nitrogen and oxygen atoms in total. The molecule has 0 N–H and O–H groups in total. The summed E-state index contributed by atoms with van der Waals surface area (Å²) >= 11 is 0. The van der Waals surface area contributed by atoms with Crippen LogP contribution < -0.4 is 0 Å². The summed E-state index contributed by atoms with van der Waals surface area (Å²) in [6.45, 7) is -0.0368. The summed E-state index contributed by atoms with van der Waals surface area (Å²) in [5, 5.41) is 4.96. The van der Waals surface area contributed by atoms with Gasteiger partial charge >= 0.3 is 0 Å². The van der Waals surface area contributed by atoms with Crippen LogP contribution in [0.15, 0.2) is 42.6 Å². The monoisotopic (exact) mass is 297 g/mol. The van der Waals surface area contributed by atoms with Gasteiger partial charge in [-0.1, -0.05) is 24.1 Å². The standard InChI is InChI=1S/C17H13F2N3/c18-11-15-8-4-7-14(20-15)6-1-2-10-22-12-13-5-3-9-16(19)17(13)21-22/h3-5,7-9,12H,2,10-11H2. The van der Waals surface area contributed by atoms with Gasteiger partial charge in [-0.3, -0.25) is 4.68 Å². The quantitative estimate of drug-likeness (QED) is 0.693. The molecule has 0 saturated carbocycles. The second-order valence-electron chi connectivity index (χ2n) is 4.77. The van der Waals surface area contributed by atoms with E-state index in [0.717, 1.165) is 5.39 Å².